The van der Waals surface area contributed by atoms with Gasteiger partial charge in [0.1, 0.15) is 17.1 Å². The minimum absolute atomic E-state index is 0.183. The third kappa shape index (κ3) is 3.79. The van der Waals surface area contributed by atoms with E-state index in [0.717, 1.165) is 17.8 Å². The van der Waals surface area contributed by atoms with Gasteiger partial charge in [0.05, 0.1) is 0 Å². The minimum Gasteiger partial charge on any atom is -0.345 e. The first-order valence-corrected chi connectivity index (χ1v) is 8.52. The van der Waals surface area contributed by atoms with E-state index in [1.807, 2.05) is 0 Å². The molecule has 1 unspecified atom stereocenters. The summed E-state index contributed by atoms with van der Waals surface area (Å²) in [5, 5.41) is 0. The molecule has 0 saturated carbocycles. The number of hydrogen-bond donors (Lipinski definition) is 1. The Morgan fingerprint density at radius 2 is 2.18 bits per heavy atom. The highest BCUT2D eigenvalue weighted by Crippen LogP contribution is 2.29. The lowest BCUT2D eigenvalue weighted by Crippen LogP contribution is -2.09. The van der Waals surface area contributed by atoms with E-state index in [-0.39, 0.29) is 4.90 Å². The Hall–Kier alpha value is -0.400. The lowest BCUT2D eigenvalue weighted by Gasteiger charge is -2.08. The van der Waals surface area contributed by atoms with Gasteiger partial charge in [-0.05, 0) is 18.4 Å². The van der Waals surface area contributed by atoms with Crippen LogP contribution in [-0.2, 0) is 18.9 Å². The van der Waals surface area contributed by atoms with Crippen molar-refractivity contribution in [2.24, 2.45) is 0 Å². The van der Waals surface area contributed by atoms with Crippen molar-refractivity contribution in [2.75, 3.05) is 12.6 Å². The van der Waals surface area contributed by atoms with Crippen molar-refractivity contribution in [1.82, 2.24) is 0 Å². The first-order chi connectivity index (χ1) is 7.88. The highest BCUT2D eigenvalue weighted by Gasteiger charge is 2.24. The SMILES string of the molecule is CSc1cccc(F)c1S(=O)(=O)OC[PH](=O)O. The summed E-state index contributed by atoms with van der Waals surface area (Å²) >= 11 is 1.04. The fourth-order valence-corrected chi connectivity index (χ4v) is 3.90. The maximum Gasteiger partial charge on any atom is 0.301 e. The van der Waals surface area contributed by atoms with Gasteiger partial charge < -0.3 is 4.89 Å². The molecule has 0 aliphatic heterocycles. The quantitative estimate of drug-likeness (QED) is 0.506. The zero-order valence-corrected chi connectivity index (χ0v) is 11.3. The number of halogens is 1. The lowest BCUT2D eigenvalue weighted by atomic mass is 10.3. The molecule has 1 N–H and O–H groups in total. The van der Waals surface area contributed by atoms with Gasteiger partial charge in [-0.2, -0.15) is 8.42 Å². The largest absolute Gasteiger partial charge is 0.345 e. The normalized spacial score (nSPS) is 13.6. The Labute approximate surface area is 103 Å². The van der Waals surface area contributed by atoms with Crippen LogP contribution in [-0.4, -0.2) is 25.9 Å². The molecular formula is C8H10FO5PS2. The molecule has 96 valence electrons. The molecule has 5 nitrogen and oxygen atoms in total. The standard InChI is InChI=1S/C8H10FO5PS2/c1-16-7-4-2-3-6(9)8(7)17(12,13)14-5-15(10)11/h2-4,15H,5H2,1H3,(H,10,11). The monoisotopic (exact) mass is 300 g/mol. The molecule has 0 saturated heterocycles. The van der Waals surface area contributed by atoms with E-state index in [4.69, 9.17) is 4.89 Å². The second-order valence-electron chi connectivity index (χ2n) is 2.88. The molecule has 1 aromatic rings. The summed E-state index contributed by atoms with van der Waals surface area (Å²) < 4.78 is 51.4. The van der Waals surface area contributed by atoms with Crippen LogP contribution >= 0.6 is 19.8 Å². The highest BCUT2D eigenvalue weighted by atomic mass is 32.2. The average Bonchev–Trinajstić information content (AvgIpc) is 2.25. The maximum absolute atomic E-state index is 13.5. The Morgan fingerprint density at radius 1 is 1.53 bits per heavy atom. The molecule has 9 heteroatoms. The molecule has 0 aromatic heterocycles. The Balaban J connectivity index is 3.18. The van der Waals surface area contributed by atoms with E-state index >= 15 is 0 Å². The van der Waals surface area contributed by atoms with Gasteiger partial charge in [-0.1, -0.05) is 6.07 Å². The van der Waals surface area contributed by atoms with E-state index in [9.17, 15) is 17.4 Å². The average molecular weight is 300 g/mol. The van der Waals surface area contributed by atoms with Crippen molar-refractivity contribution >= 4 is 29.9 Å². The van der Waals surface area contributed by atoms with E-state index in [0.29, 0.717) is 0 Å². The summed E-state index contributed by atoms with van der Waals surface area (Å²) in [5.41, 5.74) is 0. The number of hydrogen-bond acceptors (Lipinski definition) is 5. The van der Waals surface area contributed by atoms with Crippen LogP contribution in [0, 0.1) is 5.82 Å². The first kappa shape index (κ1) is 14.7. The van der Waals surface area contributed by atoms with Gasteiger partial charge >= 0.3 is 10.1 Å². The summed E-state index contributed by atoms with van der Waals surface area (Å²) in [7, 11) is -7.45. The van der Waals surface area contributed by atoms with Gasteiger partial charge in [-0.3, -0.25) is 8.75 Å². The van der Waals surface area contributed by atoms with Crippen LogP contribution in [0.2, 0.25) is 0 Å². The van der Waals surface area contributed by atoms with Gasteiger partial charge in [0, 0.05) is 4.90 Å². The highest BCUT2D eigenvalue weighted by molar-refractivity contribution is 7.99. The van der Waals surface area contributed by atoms with Crippen LogP contribution in [0.4, 0.5) is 4.39 Å². The van der Waals surface area contributed by atoms with Gasteiger partial charge in [0.2, 0.25) is 8.03 Å². The van der Waals surface area contributed by atoms with E-state index in [2.05, 4.69) is 4.18 Å². The second-order valence-corrected chi connectivity index (χ2v) is 6.36. The van der Waals surface area contributed by atoms with Crippen LogP contribution in [0.1, 0.15) is 0 Å². The predicted octanol–water partition coefficient (Wildman–Crippen LogP) is 1.68. The van der Waals surface area contributed by atoms with Gasteiger partial charge in [0.25, 0.3) is 0 Å². The first-order valence-electron chi connectivity index (χ1n) is 4.32. The summed E-state index contributed by atoms with van der Waals surface area (Å²) in [5.74, 6) is -0.950. The molecular weight excluding hydrogens is 290 g/mol. The summed E-state index contributed by atoms with van der Waals surface area (Å²) in [6, 6.07) is 3.78. The Bertz CT molecular complexity index is 531. The van der Waals surface area contributed by atoms with Crippen LogP contribution in [0.3, 0.4) is 0 Å². The van der Waals surface area contributed by atoms with Gasteiger partial charge in [0.15, 0.2) is 0 Å². The maximum atomic E-state index is 13.5. The van der Waals surface area contributed by atoms with Gasteiger partial charge in [-0.25, -0.2) is 4.39 Å². The fourth-order valence-electron chi connectivity index (χ4n) is 1.08. The number of thioether (sulfide) groups is 1. The molecule has 0 bridgehead atoms. The van der Waals surface area contributed by atoms with Crippen molar-refractivity contribution in [3.63, 3.8) is 0 Å². The molecule has 1 rings (SSSR count). The van der Waals surface area contributed by atoms with Crippen molar-refractivity contribution in [2.45, 2.75) is 9.79 Å². The molecule has 1 aromatic carbocycles. The van der Waals surface area contributed by atoms with Gasteiger partial charge in [-0.15, -0.1) is 11.8 Å². The smallest absolute Gasteiger partial charge is 0.301 e. The van der Waals surface area contributed by atoms with Crippen LogP contribution in [0.25, 0.3) is 0 Å². The number of benzene rings is 1. The second kappa shape index (κ2) is 5.97. The minimum atomic E-state index is -4.36. The van der Waals surface area contributed by atoms with Crippen molar-refractivity contribution in [3.05, 3.63) is 24.0 Å². The molecule has 0 aliphatic rings. The predicted molar refractivity (Wildman–Crippen MR) is 62.5 cm³/mol. The van der Waals surface area contributed by atoms with Crippen LogP contribution in [0.5, 0.6) is 0 Å². The van der Waals surface area contributed by atoms with Crippen molar-refractivity contribution in [1.29, 1.82) is 0 Å². The summed E-state index contributed by atoms with van der Waals surface area (Å²) in [4.78, 5) is 8.10. The summed E-state index contributed by atoms with van der Waals surface area (Å²) in [6.45, 7) is 0. The van der Waals surface area contributed by atoms with Crippen molar-refractivity contribution < 1.29 is 26.4 Å². The Morgan fingerprint density at radius 3 is 2.71 bits per heavy atom. The zero-order valence-electron chi connectivity index (χ0n) is 8.71. The van der Waals surface area contributed by atoms with Crippen LogP contribution < -0.4 is 0 Å². The molecule has 0 spiro atoms. The lowest BCUT2D eigenvalue weighted by molar-refractivity contribution is 0.351. The van der Waals surface area contributed by atoms with E-state index in [1.165, 1.54) is 12.1 Å². The Kier molecular flexibility index (Phi) is 5.15. The van der Waals surface area contributed by atoms with E-state index in [1.54, 1.807) is 6.26 Å². The molecule has 0 aliphatic carbocycles. The van der Waals surface area contributed by atoms with Crippen molar-refractivity contribution in [3.8, 4) is 0 Å². The molecule has 1 atom stereocenters. The van der Waals surface area contributed by atoms with E-state index < -0.39 is 35.2 Å². The topological polar surface area (TPSA) is 80.7 Å². The fraction of sp³-hybridized carbons (Fsp3) is 0.250. The third-order valence-corrected chi connectivity index (χ3v) is 4.59. The molecule has 0 fully saturated rings. The molecule has 0 radical (unpaired) electrons. The third-order valence-electron chi connectivity index (χ3n) is 1.74. The number of rotatable bonds is 5. The molecule has 0 amide bonds. The molecule has 17 heavy (non-hydrogen) atoms. The van der Waals surface area contributed by atoms with Crippen LogP contribution in [0.15, 0.2) is 28.0 Å². The molecule has 0 heterocycles. The summed E-state index contributed by atoms with van der Waals surface area (Å²) in [6.07, 6.45) is 0.734. The zero-order chi connectivity index (χ0) is 13.1.